The third kappa shape index (κ3) is 2.27. The Bertz CT molecular complexity index is 559. The van der Waals surface area contributed by atoms with Gasteiger partial charge in [-0.25, -0.2) is 4.98 Å². The topological polar surface area (TPSA) is 54.7 Å². The first-order valence-electron chi connectivity index (χ1n) is 6.53. The van der Waals surface area contributed by atoms with E-state index < -0.39 is 5.54 Å². The summed E-state index contributed by atoms with van der Waals surface area (Å²) in [6.45, 7) is 10.7. The van der Waals surface area contributed by atoms with Gasteiger partial charge in [0.05, 0.1) is 16.6 Å². The number of rotatable bonds is 3. The first kappa shape index (κ1) is 13.1. The number of nitrogens with one attached hydrogen (secondary N) is 1. The van der Waals surface area contributed by atoms with E-state index in [0.29, 0.717) is 0 Å². The summed E-state index contributed by atoms with van der Waals surface area (Å²) in [5, 5.41) is 0. The zero-order valence-electron chi connectivity index (χ0n) is 12.0. The van der Waals surface area contributed by atoms with Crippen LogP contribution in [0.2, 0.25) is 0 Å². The van der Waals surface area contributed by atoms with Gasteiger partial charge < -0.3 is 10.7 Å². The fourth-order valence-electron chi connectivity index (χ4n) is 1.94. The Labute approximate surface area is 109 Å². The monoisotopic (exact) mass is 245 g/mol. The minimum atomic E-state index is -0.431. The van der Waals surface area contributed by atoms with Crippen LogP contribution in [0, 0.1) is 0 Å². The van der Waals surface area contributed by atoms with Gasteiger partial charge in [-0.3, -0.25) is 0 Å². The van der Waals surface area contributed by atoms with Crippen LogP contribution in [0.15, 0.2) is 18.2 Å². The minimum absolute atomic E-state index is 0.192. The molecule has 98 valence electrons. The van der Waals surface area contributed by atoms with Crippen molar-refractivity contribution in [1.29, 1.82) is 0 Å². The first-order valence-corrected chi connectivity index (χ1v) is 6.53. The number of hydrogen-bond donors (Lipinski definition) is 2. The molecule has 3 heteroatoms. The number of fused-ring (bicyclic) bond motifs is 1. The van der Waals surface area contributed by atoms with Crippen molar-refractivity contribution >= 4 is 11.0 Å². The van der Waals surface area contributed by atoms with Crippen molar-refractivity contribution < 1.29 is 0 Å². The van der Waals surface area contributed by atoms with Gasteiger partial charge in [0, 0.05) is 0 Å². The zero-order valence-corrected chi connectivity index (χ0v) is 12.0. The van der Waals surface area contributed by atoms with Gasteiger partial charge >= 0.3 is 0 Å². The maximum atomic E-state index is 6.08. The molecule has 0 atom stereocenters. The Hall–Kier alpha value is -1.35. The van der Waals surface area contributed by atoms with Crippen LogP contribution >= 0.6 is 0 Å². The van der Waals surface area contributed by atoms with Crippen LogP contribution in [0.25, 0.3) is 11.0 Å². The summed E-state index contributed by atoms with van der Waals surface area (Å²) in [5.74, 6) is 0.837. The van der Waals surface area contributed by atoms with Crippen LogP contribution in [0.4, 0.5) is 0 Å². The second-order valence-electron chi connectivity index (χ2n) is 6.28. The molecule has 1 aromatic heterocycles. The summed E-state index contributed by atoms with van der Waals surface area (Å²) in [6, 6.07) is 6.44. The minimum Gasteiger partial charge on any atom is -0.340 e. The molecule has 0 bridgehead atoms. The number of aromatic nitrogens is 2. The van der Waals surface area contributed by atoms with E-state index in [4.69, 9.17) is 5.73 Å². The van der Waals surface area contributed by atoms with E-state index >= 15 is 0 Å². The Morgan fingerprint density at radius 1 is 1.22 bits per heavy atom. The van der Waals surface area contributed by atoms with Crippen LogP contribution < -0.4 is 5.73 Å². The highest BCUT2D eigenvalue weighted by Gasteiger charge is 2.21. The zero-order chi connectivity index (χ0) is 13.6. The molecule has 0 unspecified atom stereocenters. The average Bonchev–Trinajstić information content (AvgIpc) is 2.71. The molecule has 0 saturated heterocycles. The lowest BCUT2D eigenvalue weighted by atomic mass is 9.82. The molecule has 3 N–H and O–H groups in total. The lowest BCUT2D eigenvalue weighted by Gasteiger charge is -2.23. The van der Waals surface area contributed by atoms with Gasteiger partial charge in [0.25, 0.3) is 0 Å². The molecule has 3 nitrogen and oxygen atoms in total. The molecule has 0 amide bonds. The number of H-pyrrole nitrogens is 1. The van der Waals surface area contributed by atoms with E-state index in [-0.39, 0.29) is 5.41 Å². The fraction of sp³-hybridized carbons (Fsp3) is 0.533. The van der Waals surface area contributed by atoms with Gasteiger partial charge in [-0.05, 0) is 43.4 Å². The molecule has 2 rings (SSSR count). The molecule has 0 aliphatic rings. The highest BCUT2D eigenvalue weighted by molar-refractivity contribution is 5.76. The molecule has 1 aromatic carbocycles. The lowest BCUT2D eigenvalue weighted by molar-refractivity contribution is 0.507. The van der Waals surface area contributed by atoms with E-state index in [1.165, 1.54) is 5.56 Å². The third-order valence-corrected chi connectivity index (χ3v) is 3.76. The molecule has 18 heavy (non-hydrogen) atoms. The van der Waals surface area contributed by atoms with Crippen LogP contribution in [0.1, 0.15) is 52.4 Å². The standard InChI is InChI=1S/C15H23N3/c1-6-14(2,3)10-7-8-11-12(9-10)18-13(17-11)15(4,5)16/h7-9H,6,16H2,1-5H3,(H,17,18). The number of nitrogens with zero attached hydrogens (tertiary/aromatic N) is 1. The normalized spacial score (nSPS) is 13.2. The van der Waals surface area contributed by atoms with Crippen LogP contribution in [0.5, 0.6) is 0 Å². The van der Waals surface area contributed by atoms with Crippen LogP contribution in [-0.2, 0) is 11.0 Å². The van der Waals surface area contributed by atoms with Gasteiger partial charge in [0.1, 0.15) is 5.82 Å². The highest BCUT2D eigenvalue weighted by Crippen LogP contribution is 2.29. The molecular weight excluding hydrogens is 222 g/mol. The second-order valence-corrected chi connectivity index (χ2v) is 6.28. The Morgan fingerprint density at radius 3 is 2.44 bits per heavy atom. The maximum Gasteiger partial charge on any atom is 0.126 e. The molecule has 0 radical (unpaired) electrons. The molecule has 0 saturated carbocycles. The van der Waals surface area contributed by atoms with E-state index in [0.717, 1.165) is 23.3 Å². The van der Waals surface area contributed by atoms with Crippen molar-refractivity contribution in [3.63, 3.8) is 0 Å². The average molecular weight is 245 g/mol. The van der Waals surface area contributed by atoms with Crippen molar-refractivity contribution in [2.24, 2.45) is 5.73 Å². The first-order chi connectivity index (χ1) is 8.24. The van der Waals surface area contributed by atoms with E-state index in [2.05, 4.69) is 48.9 Å². The van der Waals surface area contributed by atoms with Gasteiger partial charge in [-0.1, -0.05) is 26.8 Å². The van der Waals surface area contributed by atoms with Gasteiger partial charge in [0.2, 0.25) is 0 Å². The number of aromatic amines is 1. The highest BCUT2D eigenvalue weighted by atomic mass is 15.0. The molecule has 0 fully saturated rings. The Morgan fingerprint density at radius 2 is 1.89 bits per heavy atom. The van der Waals surface area contributed by atoms with Crippen molar-refractivity contribution in [2.75, 3.05) is 0 Å². The number of nitrogens with two attached hydrogens (primary N) is 1. The summed E-state index contributed by atoms with van der Waals surface area (Å²) in [5.41, 5.74) is 9.23. The number of imidazole rings is 1. The van der Waals surface area contributed by atoms with Crippen LogP contribution in [-0.4, -0.2) is 9.97 Å². The number of benzene rings is 1. The van der Waals surface area contributed by atoms with Crippen molar-refractivity contribution in [3.05, 3.63) is 29.6 Å². The van der Waals surface area contributed by atoms with Gasteiger partial charge in [0.15, 0.2) is 0 Å². The lowest BCUT2D eigenvalue weighted by Crippen LogP contribution is -2.30. The summed E-state index contributed by atoms with van der Waals surface area (Å²) in [4.78, 5) is 7.89. The third-order valence-electron chi connectivity index (χ3n) is 3.76. The Balaban J connectivity index is 2.53. The summed E-state index contributed by atoms with van der Waals surface area (Å²) < 4.78 is 0. The SMILES string of the molecule is CCC(C)(C)c1ccc2nc(C(C)(C)N)[nH]c2c1. The maximum absolute atomic E-state index is 6.08. The predicted octanol–water partition coefficient (Wildman–Crippen LogP) is 3.44. The largest absolute Gasteiger partial charge is 0.340 e. The smallest absolute Gasteiger partial charge is 0.126 e. The molecule has 1 heterocycles. The van der Waals surface area contributed by atoms with Crippen LogP contribution in [0.3, 0.4) is 0 Å². The molecule has 0 spiro atoms. The predicted molar refractivity (Wildman–Crippen MR) is 76.6 cm³/mol. The molecule has 2 aromatic rings. The van der Waals surface area contributed by atoms with Crippen molar-refractivity contribution in [3.8, 4) is 0 Å². The van der Waals surface area contributed by atoms with Crippen molar-refractivity contribution in [1.82, 2.24) is 9.97 Å². The van der Waals surface area contributed by atoms with Gasteiger partial charge in [-0.2, -0.15) is 0 Å². The van der Waals surface area contributed by atoms with Crippen molar-refractivity contribution in [2.45, 2.75) is 52.0 Å². The summed E-state index contributed by atoms with van der Waals surface area (Å²) >= 11 is 0. The second kappa shape index (κ2) is 4.09. The van der Waals surface area contributed by atoms with Gasteiger partial charge in [-0.15, -0.1) is 0 Å². The Kier molecular flexibility index (Phi) is 2.98. The molecular formula is C15H23N3. The quantitative estimate of drug-likeness (QED) is 0.870. The van der Waals surface area contributed by atoms with E-state index in [1.54, 1.807) is 0 Å². The molecule has 0 aliphatic carbocycles. The summed E-state index contributed by atoms with van der Waals surface area (Å²) in [7, 11) is 0. The molecule has 0 aliphatic heterocycles. The van der Waals surface area contributed by atoms with E-state index in [1.807, 2.05) is 13.8 Å². The van der Waals surface area contributed by atoms with E-state index in [9.17, 15) is 0 Å². The fourth-order valence-corrected chi connectivity index (χ4v) is 1.94. The number of hydrogen-bond acceptors (Lipinski definition) is 2. The summed E-state index contributed by atoms with van der Waals surface area (Å²) in [6.07, 6.45) is 1.11.